The molecule has 1 fully saturated rings. The molecule has 5 heteroatoms. The Hall–Kier alpha value is -2.40. The number of piperazine rings is 1. The molecule has 0 amide bonds. The second-order valence-electron chi connectivity index (χ2n) is 6.69. The fourth-order valence-corrected chi connectivity index (χ4v) is 3.22. The number of hydrogen-bond donors (Lipinski definition) is 1. The van der Waals surface area contributed by atoms with Crippen LogP contribution < -0.4 is 5.32 Å². The number of hydrogen-bond acceptors (Lipinski definition) is 3. The van der Waals surface area contributed by atoms with Crippen LogP contribution in [0.5, 0.6) is 0 Å². The highest BCUT2D eigenvalue weighted by Crippen LogP contribution is 2.10. The van der Waals surface area contributed by atoms with Gasteiger partial charge in [0.1, 0.15) is 0 Å². The number of rotatable bonds is 5. The summed E-state index contributed by atoms with van der Waals surface area (Å²) in [5, 5.41) is 3.44. The number of aryl methyl sites for hydroxylation is 1. The minimum Gasteiger partial charge on any atom is -0.357 e. The normalized spacial score (nSPS) is 15.9. The fourth-order valence-electron chi connectivity index (χ4n) is 3.22. The average Bonchev–Trinajstić information content (AvgIpc) is 2.68. The number of nitrogens with zero attached hydrogens (tertiary/aromatic N) is 4. The quantitative estimate of drug-likeness (QED) is 0.664. The number of aromatic nitrogens is 1. The van der Waals surface area contributed by atoms with Crippen molar-refractivity contribution in [3.8, 4) is 0 Å². The molecule has 1 aliphatic rings. The van der Waals surface area contributed by atoms with E-state index in [2.05, 4.69) is 70.3 Å². The van der Waals surface area contributed by atoms with Gasteiger partial charge >= 0.3 is 0 Å². The first-order valence-electron chi connectivity index (χ1n) is 9.46. The zero-order valence-corrected chi connectivity index (χ0v) is 15.9. The second-order valence-corrected chi connectivity index (χ2v) is 6.69. The number of pyridine rings is 1. The number of aliphatic imine (C=N–C) groups is 1. The fraction of sp³-hybridized carbons (Fsp3) is 0.429. The molecular weight excluding hydrogens is 322 g/mol. The maximum Gasteiger partial charge on any atom is 0.194 e. The molecule has 1 aromatic carbocycles. The van der Waals surface area contributed by atoms with Crippen molar-refractivity contribution in [1.82, 2.24) is 20.1 Å². The van der Waals surface area contributed by atoms with E-state index in [1.807, 2.05) is 12.3 Å². The van der Waals surface area contributed by atoms with E-state index in [-0.39, 0.29) is 0 Å². The van der Waals surface area contributed by atoms with Crippen molar-refractivity contribution >= 4 is 5.96 Å². The van der Waals surface area contributed by atoms with Gasteiger partial charge in [-0.1, -0.05) is 36.4 Å². The predicted octanol–water partition coefficient (Wildman–Crippen LogP) is 2.67. The van der Waals surface area contributed by atoms with Crippen molar-refractivity contribution in [2.24, 2.45) is 4.99 Å². The molecule has 0 saturated carbocycles. The van der Waals surface area contributed by atoms with E-state index in [0.717, 1.165) is 50.9 Å². The van der Waals surface area contributed by atoms with Crippen LogP contribution in [0.15, 0.2) is 53.7 Å². The molecule has 0 atom stereocenters. The van der Waals surface area contributed by atoms with Gasteiger partial charge in [-0.15, -0.1) is 0 Å². The molecule has 0 unspecified atom stereocenters. The summed E-state index contributed by atoms with van der Waals surface area (Å²) in [5.41, 5.74) is 3.62. The summed E-state index contributed by atoms with van der Waals surface area (Å²) in [5.74, 6) is 0.997. The van der Waals surface area contributed by atoms with Gasteiger partial charge in [0.15, 0.2) is 5.96 Å². The third kappa shape index (κ3) is 5.05. The van der Waals surface area contributed by atoms with Gasteiger partial charge in [0.2, 0.25) is 0 Å². The molecule has 1 saturated heterocycles. The first-order chi connectivity index (χ1) is 12.8. The number of guanidine groups is 1. The van der Waals surface area contributed by atoms with Gasteiger partial charge in [0, 0.05) is 45.5 Å². The Morgan fingerprint density at radius 1 is 1.08 bits per heavy atom. The van der Waals surface area contributed by atoms with Crippen LogP contribution in [-0.2, 0) is 13.1 Å². The standard InChI is InChI=1S/C21H29N5/c1-3-22-21(24-16-20-18(2)8-7-11-23-20)26-14-12-25(13-15-26)17-19-9-5-4-6-10-19/h4-11H,3,12-17H2,1-2H3,(H,22,24). The van der Waals surface area contributed by atoms with Crippen molar-refractivity contribution in [3.05, 3.63) is 65.5 Å². The van der Waals surface area contributed by atoms with Crippen LogP contribution in [0, 0.1) is 6.92 Å². The molecule has 1 N–H and O–H groups in total. The molecule has 0 spiro atoms. The van der Waals surface area contributed by atoms with Crippen LogP contribution in [0.2, 0.25) is 0 Å². The summed E-state index contributed by atoms with van der Waals surface area (Å²) in [6, 6.07) is 14.8. The SMILES string of the molecule is CCNC(=NCc1ncccc1C)N1CCN(Cc2ccccc2)CC1. The highest BCUT2D eigenvalue weighted by Gasteiger charge is 2.19. The lowest BCUT2D eigenvalue weighted by atomic mass is 10.2. The second kappa shape index (κ2) is 9.34. The molecule has 1 aliphatic heterocycles. The van der Waals surface area contributed by atoms with Gasteiger partial charge in [0.05, 0.1) is 12.2 Å². The van der Waals surface area contributed by atoms with E-state index in [1.54, 1.807) is 0 Å². The van der Waals surface area contributed by atoms with Gasteiger partial charge < -0.3 is 10.2 Å². The number of nitrogens with one attached hydrogen (secondary N) is 1. The minimum atomic E-state index is 0.624. The zero-order chi connectivity index (χ0) is 18.2. The molecule has 5 nitrogen and oxygen atoms in total. The zero-order valence-electron chi connectivity index (χ0n) is 15.9. The third-order valence-corrected chi connectivity index (χ3v) is 4.75. The van der Waals surface area contributed by atoms with E-state index in [1.165, 1.54) is 11.1 Å². The highest BCUT2D eigenvalue weighted by atomic mass is 15.3. The van der Waals surface area contributed by atoms with Crippen molar-refractivity contribution < 1.29 is 0 Å². The topological polar surface area (TPSA) is 43.8 Å². The van der Waals surface area contributed by atoms with Gasteiger partial charge in [0.25, 0.3) is 0 Å². The van der Waals surface area contributed by atoms with E-state index >= 15 is 0 Å². The Kier molecular flexibility index (Phi) is 6.61. The van der Waals surface area contributed by atoms with Crippen LogP contribution in [0.1, 0.15) is 23.7 Å². The molecule has 138 valence electrons. The van der Waals surface area contributed by atoms with Crippen molar-refractivity contribution in [2.75, 3.05) is 32.7 Å². The molecule has 3 rings (SSSR count). The molecule has 0 bridgehead atoms. The van der Waals surface area contributed by atoms with Crippen molar-refractivity contribution in [1.29, 1.82) is 0 Å². The Morgan fingerprint density at radius 3 is 2.54 bits per heavy atom. The molecule has 0 aliphatic carbocycles. The van der Waals surface area contributed by atoms with Crippen LogP contribution >= 0.6 is 0 Å². The molecule has 2 heterocycles. The lowest BCUT2D eigenvalue weighted by Gasteiger charge is -2.36. The predicted molar refractivity (Wildman–Crippen MR) is 107 cm³/mol. The largest absolute Gasteiger partial charge is 0.357 e. The highest BCUT2D eigenvalue weighted by molar-refractivity contribution is 5.80. The first kappa shape index (κ1) is 18.4. The summed E-state index contributed by atoms with van der Waals surface area (Å²) in [7, 11) is 0. The monoisotopic (exact) mass is 351 g/mol. The van der Waals surface area contributed by atoms with E-state index in [9.17, 15) is 0 Å². The minimum absolute atomic E-state index is 0.624. The van der Waals surface area contributed by atoms with E-state index < -0.39 is 0 Å². The van der Waals surface area contributed by atoms with Crippen LogP contribution in [-0.4, -0.2) is 53.5 Å². The van der Waals surface area contributed by atoms with Gasteiger partial charge in [-0.05, 0) is 31.0 Å². The van der Waals surface area contributed by atoms with Crippen LogP contribution in [0.25, 0.3) is 0 Å². The Bertz CT molecular complexity index is 705. The van der Waals surface area contributed by atoms with Crippen molar-refractivity contribution in [3.63, 3.8) is 0 Å². The van der Waals surface area contributed by atoms with Crippen molar-refractivity contribution in [2.45, 2.75) is 26.9 Å². The Morgan fingerprint density at radius 2 is 1.85 bits per heavy atom. The molecular formula is C21H29N5. The Labute approximate surface area is 156 Å². The molecule has 26 heavy (non-hydrogen) atoms. The maximum absolute atomic E-state index is 4.83. The summed E-state index contributed by atoms with van der Waals surface area (Å²) in [6.07, 6.45) is 1.84. The molecule has 2 aromatic rings. The summed E-state index contributed by atoms with van der Waals surface area (Å²) in [6.45, 7) is 10.9. The average molecular weight is 351 g/mol. The van der Waals surface area contributed by atoms with E-state index in [0.29, 0.717) is 6.54 Å². The summed E-state index contributed by atoms with van der Waals surface area (Å²) >= 11 is 0. The van der Waals surface area contributed by atoms with Crippen LogP contribution in [0.4, 0.5) is 0 Å². The van der Waals surface area contributed by atoms with E-state index in [4.69, 9.17) is 4.99 Å². The lowest BCUT2D eigenvalue weighted by molar-refractivity contribution is 0.172. The van der Waals surface area contributed by atoms with Gasteiger partial charge in [-0.2, -0.15) is 0 Å². The van der Waals surface area contributed by atoms with Gasteiger partial charge in [-0.25, -0.2) is 4.99 Å². The van der Waals surface area contributed by atoms with Gasteiger partial charge in [-0.3, -0.25) is 9.88 Å². The third-order valence-electron chi connectivity index (χ3n) is 4.75. The summed E-state index contributed by atoms with van der Waals surface area (Å²) in [4.78, 5) is 14.2. The first-order valence-corrected chi connectivity index (χ1v) is 9.46. The molecule has 1 aromatic heterocycles. The number of benzene rings is 1. The Balaban J connectivity index is 1.57. The lowest BCUT2D eigenvalue weighted by Crippen LogP contribution is -2.52. The molecule has 0 radical (unpaired) electrons. The smallest absolute Gasteiger partial charge is 0.194 e. The maximum atomic E-state index is 4.83. The summed E-state index contributed by atoms with van der Waals surface area (Å²) < 4.78 is 0. The van der Waals surface area contributed by atoms with Crippen LogP contribution in [0.3, 0.4) is 0 Å².